The number of aryl methyl sites for hydroxylation is 1. The molecule has 4 N–H and O–H groups in total. The molecule has 1 aliphatic heterocycles. The lowest BCUT2D eigenvalue weighted by Gasteiger charge is -2.32. The molecule has 3 heterocycles. The Kier molecular flexibility index (Phi) is 7.02. The van der Waals surface area contributed by atoms with Crippen molar-refractivity contribution in [3.05, 3.63) is 78.1 Å². The molecule has 1 saturated heterocycles. The van der Waals surface area contributed by atoms with Crippen LogP contribution in [-0.2, 0) is 13.1 Å². The number of carbonyl (C=O) groups is 2. The maximum Gasteiger partial charge on any atom is 0.314 e. The predicted molar refractivity (Wildman–Crippen MR) is 144 cm³/mol. The second kappa shape index (κ2) is 10.7. The molecule has 0 aliphatic carbocycles. The first-order valence-electron chi connectivity index (χ1n) is 12.6. The fourth-order valence-corrected chi connectivity index (χ4v) is 4.80. The molecule has 0 spiro atoms. The highest BCUT2D eigenvalue weighted by Gasteiger charge is 2.25. The van der Waals surface area contributed by atoms with E-state index >= 15 is 0 Å². The van der Waals surface area contributed by atoms with Crippen molar-refractivity contribution in [2.45, 2.75) is 38.9 Å². The van der Waals surface area contributed by atoms with Crippen LogP contribution in [0.25, 0.3) is 22.2 Å². The fraction of sp³-hybridized carbons (Fsp3) is 0.286. The van der Waals surface area contributed by atoms with Crippen molar-refractivity contribution >= 4 is 28.7 Å². The van der Waals surface area contributed by atoms with Gasteiger partial charge in [-0.15, -0.1) is 0 Å². The van der Waals surface area contributed by atoms with E-state index in [2.05, 4.69) is 45.0 Å². The van der Waals surface area contributed by atoms with Crippen LogP contribution in [0.1, 0.15) is 35.7 Å². The first kappa shape index (κ1) is 24.3. The van der Waals surface area contributed by atoms with Gasteiger partial charge in [-0.05, 0) is 42.5 Å². The summed E-state index contributed by atoms with van der Waals surface area (Å²) in [5.41, 5.74) is 10.6. The summed E-state index contributed by atoms with van der Waals surface area (Å²) < 4.78 is 1.81. The van der Waals surface area contributed by atoms with Crippen LogP contribution in [-0.4, -0.2) is 50.7 Å². The Hall–Kier alpha value is -4.40. The van der Waals surface area contributed by atoms with Crippen molar-refractivity contribution in [2.75, 3.05) is 18.4 Å². The Morgan fingerprint density at radius 1 is 1.03 bits per heavy atom. The first-order valence-corrected chi connectivity index (χ1v) is 12.6. The molecular formula is C28H31N7O2. The van der Waals surface area contributed by atoms with Crippen molar-refractivity contribution in [3.63, 3.8) is 0 Å². The van der Waals surface area contributed by atoms with Crippen LogP contribution in [0.15, 0.2) is 67.0 Å². The third-order valence-corrected chi connectivity index (χ3v) is 6.85. The van der Waals surface area contributed by atoms with Crippen LogP contribution >= 0.6 is 0 Å². The number of hydrogen-bond acceptors (Lipinski definition) is 5. The number of hydrogen-bond donors (Lipinski definition) is 3. The van der Waals surface area contributed by atoms with Crippen LogP contribution < -0.4 is 16.4 Å². The minimum absolute atomic E-state index is 0.0975. The van der Waals surface area contributed by atoms with Crippen LogP contribution in [0.4, 0.5) is 10.5 Å². The summed E-state index contributed by atoms with van der Waals surface area (Å²) >= 11 is 0. The van der Waals surface area contributed by atoms with E-state index in [1.54, 1.807) is 17.3 Å². The molecule has 1 aliphatic rings. The summed E-state index contributed by atoms with van der Waals surface area (Å²) in [6.07, 6.45) is 4.85. The quantitative estimate of drug-likeness (QED) is 0.357. The zero-order valence-corrected chi connectivity index (χ0v) is 20.9. The number of aromatic nitrogens is 3. The molecule has 3 amide bonds. The number of nitrogens with zero attached hydrogens (tertiary/aromatic N) is 4. The summed E-state index contributed by atoms with van der Waals surface area (Å²) in [5.74, 6) is -0.208. The Morgan fingerprint density at radius 2 is 1.78 bits per heavy atom. The van der Waals surface area contributed by atoms with Gasteiger partial charge >= 0.3 is 6.03 Å². The molecule has 4 aromatic rings. The van der Waals surface area contributed by atoms with Crippen molar-refractivity contribution in [2.24, 2.45) is 5.73 Å². The molecule has 2 aromatic carbocycles. The van der Waals surface area contributed by atoms with Gasteiger partial charge in [-0.25, -0.2) is 14.5 Å². The second-order valence-corrected chi connectivity index (χ2v) is 9.24. The topological polar surface area (TPSA) is 118 Å². The number of anilines is 1. The van der Waals surface area contributed by atoms with E-state index in [1.807, 2.05) is 41.9 Å². The Bertz CT molecular complexity index is 1410. The SMILES string of the molecule is CCn1ncc2c(NC3CCN(C(N)=O)CC3)c(C(=O)NCc3cccc(-c4ccccc4)c3)cnc21. The zero-order valence-electron chi connectivity index (χ0n) is 20.9. The van der Waals surface area contributed by atoms with Gasteiger partial charge in [0.25, 0.3) is 5.91 Å². The van der Waals surface area contributed by atoms with Gasteiger partial charge in [0, 0.05) is 38.4 Å². The van der Waals surface area contributed by atoms with E-state index in [0.717, 1.165) is 46.3 Å². The number of benzene rings is 2. The van der Waals surface area contributed by atoms with Gasteiger partial charge < -0.3 is 21.3 Å². The molecule has 1 fully saturated rings. The van der Waals surface area contributed by atoms with E-state index in [-0.39, 0.29) is 11.9 Å². The van der Waals surface area contributed by atoms with Crippen molar-refractivity contribution in [1.82, 2.24) is 25.0 Å². The molecule has 9 heteroatoms. The third-order valence-electron chi connectivity index (χ3n) is 6.85. The summed E-state index contributed by atoms with van der Waals surface area (Å²) in [6, 6.07) is 18.0. The average molecular weight is 498 g/mol. The number of carbonyl (C=O) groups excluding carboxylic acids is 2. The molecule has 0 bridgehead atoms. The number of pyridine rings is 1. The van der Waals surface area contributed by atoms with Crippen LogP contribution in [0.5, 0.6) is 0 Å². The van der Waals surface area contributed by atoms with Gasteiger partial charge in [-0.3, -0.25) is 4.79 Å². The van der Waals surface area contributed by atoms with Crippen LogP contribution in [0.2, 0.25) is 0 Å². The van der Waals surface area contributed by atoms with E-state index in [1.165, 1.54) is 0 Å². The first-order chi connectivity index (χ1) is 18.0. The van der Waals surface area contributed by atoms with Gasteiger partial charge in [-0.2, -0.15) is 5.10 Å². The number of likely N-dealkylation sites (tertiary alicyclic amines) is 1. The standard InChI is InChI=1S/C28H31N7O2/c1-2-35-26-23(18-32-35)25(33-22-11-13-34(14-12-22)28(29)37)24(17-30-26)27(36)31-16-19-7-6-10-21(15-19)20-8-4-3-5-9-20/h3-10,15,17-18,22H,2,11-14,16H2,1H3,(H2,29,37)(H,30,33)(H,31,36). The fourth-order valence-electron chi connectivity index (χ4n) is 4.80. The third kappa shape index (κ3) is 5.25. The van der Waals surface area contributed by atoms with Crippen molar-refractivity contribution in [1.29, 1.82) is 0 Å². The van der Waals surface area contributed by atoms with Gasteiger partial charge in [0.2, 0.25) is 0 Å². The van der Waals surface area contributed by atoms with E-state index in [9.17, 15) is 9.59 Å². The molecule has 5 rings (SSSR count). The highest BCUT2D eigenvalue weighted by atomic mass is 16.2. The molecule has 0 saturated carbocycles. The lowest BCUT2D eigenvalue weighted by atomic mass is 10.0. The number of nitrogens with one attached hydrogen (secondary N) is 2. The highest BCUT2D eigenvalue weighted by molar-refractivity contribution is 6.06. The normalized spacial score (nSPS) is 14.0. The van der Waals surface area contributed by atoms with Gasteiger partial charge in [0.15, 0.2) is 5.65 Å². The van der Waals surface area contributed by atoms with Crippen molar-refractivity contribution < 1.29 is 9.59 Å². The monoisotopic (exact) mass is 497 g/mol. The van der Waals surface area contributed by atoms with Crippen LogP contribution in [0.3, 0.4) is 0 Å². The Labute approximate surface area is 215 Å². The molecule has 0 atom stereocenters. The molecule has 0 unspecified atom stereocenters. The van der Waals surface area contributed by atoms with Gasteiger partial charge in [-0.1, -0.05) is 48.5 Å². The molecular weight excluding hydrogens is 466 g/mol. The molecule has 37 heavy (non-hydrogen) atoms. The van der Waals surface area contributed by atoms with Gasteiger partial charge in [0.1, 0.15) is 0 Å². The largest absolute Gasteiger partial charge is 0.381 e. The lowest BCUT2D eigenvalue weighted by Crippen LogP contribution is -2.44. The maximum atomic E-state index is 13.4. The molecule has 2 aromatic heterocycles. The minimum atomic E-state index is -0.398. The molecule has 190 valence electrons. The Balaban J connectivity index is 1.37. The summed E-state index contributed by atoms with van der Waals surface area (Å²) in [4.78, 5) is 31.1. The molecule has 0 radical (unpaired) electrons. The lowest BCUT2D eigenvalue weighted by molar-refractivity contribution is 0.0951. The van der Waals surface area contributed by atoms with E-state index < -0.39 is 6.03 Å². The number of nitrogens with two attached hydrogens (primary N) is 1. The summed E-state index contributed by atoms with van der Waals surface area (Å²) in [6.45, 7) is 4.23. The summed E-state index contributed by atoms with van der Waals surface area (Å²) in [5, 5.41) is 11.9. The number of fused-ring (bicyclic) bond motifs is 1. The van der Waals surface area contributed by atoms with Crippen LogP contribution in [0, 0.1) is 0 Å². The number of primary amides is 1. The number of rotatable bonds is 7. The van der Waals surface area contributed by atoms with Gasteiger partial charge in [0.05, 0.1) is 22.8 Å². The number of urea groups is 1. The van der Waals surface area contributed by atoms with E-state index in [4.69, 9.17) is 5.73 Å². The molecule has 9 nitrogen and oxygen atoms in total. The minimum Gasteiger partial charge on any atom is -0.381 e. The number of amides is 3. The Morgan fingerprint density at radius 3 is 2.51 bits per heavy atom. The number of piperidine rings is 1. The van der Waals surface area contributed by atoms with E-state index in [0.29, 0.717) is 31.7 Å². The zero-order chi connectivity index (χ0) is 25.8. The maximum absolute atomic E-state index is 13.4. The predicted octanol–water partition coefficient (Wildman–Crippen LogP) is 4.00. The summed E-state index contributed by atoms with van der Waals surface area (Å²) in [7, 11) is 0. The highest BCUT2D eigenvalue weighted by Crippen LogP contribution is 2.29. The van der Waals surface area contributed by atoms with Crippen molar-refractivity contribution in [3.8, 4) is 11.1 Å². The average Bonchev–Trinajstić information content (AvgIpc) is 3.36. The second-order valence-electron chi connectivity index (χ2n) is 9.24. The smallest absolute Gasteiger partial charge is 0.314 e.